The molecule has 0 aromatic carbocycles. The molecule has 4 heteroatoms. The highest BCUT2D eigenvalue weighted by molar-refractivity contribution is 5.79. The zero-order valence-corrected chi connectivity index (χ0v) is 3.05. The molecule has 0 unspecified atom stereocenters. The molecule has 0 aromatic rings. The quantitative estimate of drug-likeness (QED) is 0.174. The van der Waals surface area contributed by atoms with Gasteiger partial charge in [0.1, 0.15) is 5.84 Å². The molecule has 0 atom stereocenters. The molecule has 0 aromatic heterocycles. The Morgan fingerprint density at radius 2 is 1.83 bits per heavy atom. The van der Waals surface area contributed by atoms with Gasteiger partial charge in [0.05, 0.1) is 0 Å². The highest BCUT2D eigenvalue weighted by Gasteiger charge is 1.95. The molecule has 36 valence electrons. The lowest BCUT2D eigenvalue weighted by Crippen LogP contribution is -2.26. The third-order valence-corrected chi connectivity index (χ3v) is 0.278. The molecule has 4 nitrogen and oxygen atoms in total. The number of aliphatic hydroxyl groups excluding tert-OH is 1. The summed E-state index contributed by atoms with van der Waals surface area (Å²) in [4.78, 5) is 0. The standard InChI is InChI=1S/C2H6N2O2/c3-1(4)2(5)6/h2,5-6H,(H3,3,4). The maximum Gasteiger partial charge on any atom is 0.211 e. The first kappa shape index (κ1) is 5.39. The molecule has 0 amide bonds. The molecule has 0 saturated heterocycles. The average Bonchev–Trinajstić information content (AvgIpc) is 1.36. The minimum Gasteiger partial charge on any atom is -0.383 e. The van der Waals surface area contributed by atoms with E-state index in [-0.39, 0.29) is 0 Å². The average molecular weight is 90.1 g/mol. The van der Waals surface area contributed by atoms with Crippen molar-refractivity contribution in [3.05, 3.63) is 0 Å². The predicted octanol–water partition coefficient (Wildman–Crippen LogP) is -1.77. The van der Waals surface area contributed by atoms with Gasteiger partial charge in [-0.1, -0.05) is 0 Å². The summed E-state index contributed by atoms with van der Waals surface area (Å²) in [5.74, 6) is -0.630. The van der Waals surface area contributed by atoms with E-state index in [2.05, 4.69) is 5.73 Å². The van der Waals surface area contributed by atoms with Crippen molar-refractivity contribution in [3.63, 3.8) is 0 Å². The summed E-state index contributed by atoms with van der Waals surface area (Å²) in [5.41, 5.74) is 4.52. The number of rotatable bonds is 1. The summed E-state index contributed by atoms with van der Waals surface area (Å²) < 4.78 is 0. The highest BCUT2D eigenvalue weighted by atomic mass is 16.5. The first-order valence-corrected chi connectivity index (χ1v) is 1.34. The van der Waals surface area contributed by atoms with Gasteiger partial charge in [-0.15, -0.1) is 0 Å². The molecule has 0 aliphatic heterocycles. The first-order chi connectivity index (χ1) is 2.64. The van der Waals surface area contributed by atoms with Crippen molar-refractivity contribution in [2.45, 2.75) is 6.29 Å². The second-order valence-electron chi connectivity index (χ2n) is 0.829. The summed E-state index contributed by atoms with van der Waals surface area (Å²) >= 11 is 0. The Labute approximate surface area is 34.7 Å². The van der Waals surface area contributed by atoms with E-state index in [1.165, 1.54) is 0 Å². The normalized spacial score (nSPS) is 9.17. The van der Waals surface area contributed by atoms with Crippen molar-refractivity contribution in [2.24, 2.45) is 5.73 Å². The molecule has 6 heavy (non-hydrogen) atoms. The van der Waals surface area contributed by atoms with Crippen LogP contribution in [0.5, 0.6) is 0 Å². The van der Waals surface area contributed by atoms with Crippen molar-refractivity contribution in [2.75, 3.05) is 0 Å². The molecular weight excluding hydrogens is 84.0 g/mol. The van der Waals surface area contributed by atoms with Crippen LogP contribution in [0.2, 0.25) is 0 Å². The number of nitrogens with two attached hydrogens (primary N) is 1. The Kier molecular flexibility index (Phi) is 1.56. The Morgan fingerprint density at radius 3 is 1.83 bits per heavy atom. The van der Waals surface area contributed by atoms with Crippen molar-refractivity contribution < 1.29 is 10.2 Å². The van der Waals surface area contributed by atoms with Crippen LogP contribution in [0.4, 0.5) is 0 Å². The van der Waals surface area contributed by atoms with E-state index < -0.39 is 12.1 Å². The minimum absolute atomic E-state index is 0.630. The van der Waals surface area contributed by atoms with Gasteiger partial charge >= 0.3 is 0 Å². The molecule has 0 bridgehead atoms. The molecule has 0 spiro atoms. The summed E-state index contributed by atoms with van der Waals surface area (Å²) in [6.07, 6.45) is -1.79. The highest BCUT2D eigenvalue weighted by Crippen LogP contribution is 1.65. The van der Waals surface area contributed by atoms with E-state index in [1.54, 1.807) is 0 Å². The summed E-state index contributed by atoms with van der Waals surface area (Å²) in [6.45, 7) is 0. The largest absolute Gasteiger partial charge is 0.383 e. The Bertz CT molecular complexity index is 60.6. The number of hydrogen-bond acceptors (Lipinski definition) is 3. The zero-order valence-electron chi connectivity index (χ0n) is 3.05. The molecule has 0 radical (unpaired) electrons. The van der Waals surface area contributed by atoms with E-state index >= 15 is 0 Å². The predicted molar refractivity (Wildman–Crippen MR) is 20.1 cm³/mol. The Morgan fingerprint density at radius 1 is 1.67 bits per heavy atom. The van der Waals surface area contributed by atoms with Gasteiger partial charge in [0.15, 0.2) is 0 Å². The van der Waals surface area contributed by atoms with Gasteiger partial charge in [-0.25, -0.2) is 0 Å². The number of aliphatic hydroxyl groups is 2. The van der Waals surface area contributed by atoms with Crippen LogP contribution in [0.3, 0.4) is 0 Å². The van der Waals surface area contributed by atoms with Crippen LogP contribution < -0.4 is 5.73 Å². The lowest BCUT2D eigenvalue weighted by molar-refractivity contribution is 0.0179. The van der Waals surface area contributed by atoms with Crippen molar-refractivity contribution in [1.29, 1.82) is 5.41 Å². The van der Waals surface area contributed by atoms with Crippen LogP contribution in [0.1, 0.15) is 0 Å². The fourth-order valence-electron chi connectivity index (χ4n) is 0. The van der Waals surface area contributed by atoms with Crippen LogP contribution in [-0.4, -0.2) is 22.3 Å². The second kappa shape index (κ2) is 1.74. The Balaban J connectivity index is 3.26. The number of nitrogens with one attached hydrogen (secondary N) is 1. The molecule has 0 fully saturated rings. The van der Waals surface area contributed by atoms with Crippen LogP contribution in [-0.2, 0) is 0 Å². The number of amidine groups is 1. The minimum atomic E-state index is -1.79. The summed E-state index contributed by atoms with van der Waals surface area (Å²) in [6, 6.07) is 0. The van der Waals surface area contributed by atoms with Gasteiger partial charge in [0.25, 0.3) is 0 Å². The van der Waals surface area contributed by atoms with E-state index in [9.17, 15) is 0 Å². The molecule has 0 heterocycles. The van der Waals surface area contributed by atoms with Crippen molar-refractivity contribution in [3.8, 4) is 0 Å². The topological polar surface area (TPSA) is 90.3 Å². The molecule has 0 rings (SSSR count). The lowest BCUT2D eigenvalue weighted by Gasteiger charge is -1.94. The van der Waals surface area contributed by atoms with E-state index in [0.29, 0.717) is 0 Å². The van der Waals surface area contributed by atoms with Gasteiger partial charge in [-0.3, -0.25) is 5.41 Å². The van der Waals surface area contributed by atoms with Crippen molar-refractivity contribution >= 4 is 5.84 Å². The van der Waals surface area contributed by atoms with Crippen LogP contribution >= 0.6 is 0 Å². The SMILES string of the molecule is N=C(N)C(O)O. The van der Waals surface area contributed by atoms with Gasteiger partial charge in [-0.05, 0) is 0 Å². The summed E-state index contributed by atoms with van der Waals surface area (Å²) in [5, 5.41) is 21.9. The van der Waals surface area contributed by atoms with Gasteiger partial charge in [0.2, 0.25) is 6.29 Å². The summed E-state index contributed by atoms with van der Waals surface area (Å²) in [7, 11) is 0. The Hall–Kier alpha value is -0.610. The smallest absolute Gasteiger partial charge is 0.211 e. The fraction of sp³-hybridized carbons (Fsp3) is 0.500. The number of hydrogen-bond donors (Lipinski definition) is 4. The third-order valence-electron chi connectivity index (χ3n) is 0.278. The van der Waals surface area contributed by atoms with Gasteiger partial charge in [0, 0.05) is 0 Å². The van der Waals surface area contributed by atoms with Crippen molar-refractivity contribution in [1.82, 2.24) is 0 Å². The van der Waals surface area contributed by atoms with Gasteiger partial charge < -0.3 is 15.9 Å². The molecule has 0 aliphatic carbocycles. The molecule has 5 N–H and O–H groups in total. The van der Waals surface area contributed by atoms with E-state index in [0.717, 1.165) is 0 Å². The molecule has 0 aliphatic rings. The lowest BCUT2D eigenvalue weighted by atomic mass is 10.6. The monoisotopic (exact) mass is 90.0 g/mol. The molecule has 0 saturated carbocycles. The van der Waals surface area contributed by atoms with Crippen LogP contribution in [0, 0.1) is 5.41 Å². The zero-order chi connectivity index (χ0) is 5.15. The van der Waals surface area contributed by atoms with Crippen LogP contribution in [0.15, 0.2) is 0 Å². The molecular formula is C2H6N2O2. The second-order valence-corrected chi connectivity index (χ2v) is 0.829. The van der Waals surface area contributed by atoms with Gasteiger partial charge in [-0.2, -0.15) is 0 Å². The van der Waals surface area contributed by atoms with E-state index in [4.69, 9.17) is 15.6 Å². The van der Waals surface area contributed by atoms with Crippen LogP contribution in [0.25, 0.3) is 0 Å². The van der Waals surface area contributed by atoms with E-state index in [1.807, 2.05) is 0 Å². The third kappa shape index (κ3) is 1.68. The maximum atomic E-state index is 7.84. The first-order valence-electron chi connectivity index (χ1n) is 1.34. The maximum absolute atomic E-state index is 7.84. The fourth-order valence-corrected chi connectivity index (χ4v) is 0.